The molecule has 0 spiro atoms. The van der Waals surface area contributed by atoms with E-state index in [0.29, 0.717) is 5.82 Å². The molecule has 4 aliphatic carbocycles. The van der Waals surface area contributed by atoms with Crippen molar-refractivity contribution in [2.75, 3.05) is 5.32 Å². The molecule has 4 aliphatic rings. The van der Waals surface area contributed by atoms with E-state index in [2.05, 4.69) is 15.6 Å². The Morgan fingerprint density at radius 1 is 1.00 bits per heavy atom. The van der Waals surface area contributed by atoms with E-state index in [0.717, 1.165) is 37.0 Å². The second kappa shape index (κ2) is 5.07. The molecule has 5 nitrogen and oxygen atoms in total. The molecule has 5 rings (SSSR count). The summed E-state index contributed by atoms with van der Waals surface area (Å²) in [5, 5.41) is 5.63. The van der Waals surface area contributed by atoms with Crippen LogP contribution in [-0.4, -0.2) is 22.3 Å². The lowest BCUT2D eigenvalue weighted by atomic mass is 9.53. The largest absolute Gasteiger partial charge is 0.342 e. The molecule has 1 aromatic heterocycles. The molecule has 0 atom stereocenters. The molecule has 0 aromatic carbocycles. The lowest BCUT2D eigenvalue weighted by molar-refractivity contribution is -0.139. The Morgan fingerprint density at radius 3 is 2.18 bits per heavy atom. The molecule has 4 fully saturated rings. The third-order valence-electron chi connectivity index (χ3n) is 5.53. The fourth-order valence-corrected chi connectivity index (χ4v) is 5.17. The SMILES string of the molecule is O=C(Nc1ccccn1)C(=O)NC12CC3CC(CC(C3)C1)C2. The maximum Gasteiger partial charge on any atom is 0.314 e. The van der Waals surface area contributed by atoms with Crippen molar-refractivity contribution in [3.63, 3.8) is 0 Å². The Labute approximate surface area is 129 Å². The number of carbonyl (C=O) groups excluding carboxylic acids is 2. The molecule has 4 bridgehead atoms. The third kappa shape index (κ3) is 2.49. The molecule has 2 N–H and O–H groups in total. The van der Waals surface area contributed by atoms with Gasteiger partial charge in [0.15, 0.2) is 0 Å². The highest BCUT2D eigenvalue weighted by molar-refractivity contribution is 6.39. The normalized spacial score (nSPS) is 35.2. The second-order valence-electron chi connectivity index (χ2n) is 7.32. The van der Waals surface area contributed by atoms with E-state index < -0.39 is 11.8 Å². The van der Waals surface area contributed by atoms with Crippen LogP contribution in [0, 0.1) is 17.8 Å². The molecule has 116 valence electrons. The van der Waals surface area contributed by atoms with E-state index in [1.807, 2.05) is 0 Å². The van der Waals surface area contributed by atoms with E-state index >= 15 is 0 Å². The number of hydrogen-bond donors (Lipinski definition) is 2. The van der Waals surface area contributed by atoms with Gasteiger partial charge in [-0.25, -0.2) is 4.98 Å². The average Bonchev–Trinajstić information content (AvgIpc) is 2.46. The van der Waals surface area contributed by atoms with Crippen LogP contribution in [0.1, 0.15) is 38.5 Å². The molecular weight excluding hydrogens is 278 g/mol. The van der Waals surface area contributed by atoms with Gasteiger partial charge in [-0.05, 0) is 68.4 Å². The Bertz CT molecular complexity index is 564. The van der Waals surface area contributed by atoms with Gasteiger partial charge in [-0.3, -0.25) is 9.59 Å². The Balaban J connectivity index is 1.42. The first-order valence-electron chi connectivity index (χ1n) is 8.16. The molecule has 0 aliphatic heterocycles. The van der Waals surface area contributed by atoms with Gasteiger partial charge in [0, 0.05) is 11.7 Å². The quantitative estimate of drug-likeness (QED) is 0.822. The van der Waals surface area contributed by atoms with Crippen molar-refractivity contribution >= 4 is 17.6 Å². The van der Waals surface area contributed by atoms with E-state index in [9.17, 15) is 9.59 Å². The summed E-state index contributed by atoms with van der Waals surface area (Å²) in [5.74, 6) is 1.50. The van der Waals surface area contributed by atoms with Crippen LogP contribution < -0.4 is 10.6 Å². The molecular formula is C17H21N3O2. The van der Waals surface area contributed by atoms with Gasteiger partial charge in [0.2, 0.25) is 0 Å². The number of pyridine rings is 1. The number of hydrogen-bond acceptors (Lipinski definition) is 3. The number of amides is 2. The molecule has 0 saturated heterocycles. The molecule has 1 aromatic rings. The molecule has 5 heteroatoms. The highest BCUT2D eigenvalue weighted by Crippen LogP contribution is 2.55. The summed E-state index contributed by atoms with van der Waals surface area (Å²) in [4.78, 5) is 28.4. The highest BCUT2D eigenvalue weighted by atomic mass is 16.2. The summed E-state index contributed by atoms with van der Waals surface area (Å²) < 4.78 is 0. The van der Waals surface area contributed by atoms with Crippen LogP contribution in [0.25, 0.3) is 0 Å². The van der Waals surface area contributed by atoms with Crippen LogP contribution in [0.3, 0.4) is 0 Å². The van der Waals surface area contributed by atoms with Crippen molar-refractivity contribution in [3.8, 4) is 0 Å². The number of anilines is 1. The number of rotatable bonds is 2. The van der Waals surface area contributed by atoms with E-state index in [4.69, 9.17) is 0 Å². The van der Waals surface area contributed by atoms with Crippen LogP contribution in [-0.2, 0) is 9.59 Å². The van der Waals surface area contributed by atoms with Gasteiger partial charge in [-0.15, -0.1) is 0 Å². The maximum absolute atomic E-state index is 12.3. The fraction of sp³-hybridized carbons (Fsp3) is 0.588. The van der Waals surface area contributed by atoms with Crippen molar-refractivity contribution < 1.29 is 9.59 Å². The predicted molar refractivity (Wildman–Crippen MR) is 81.9 cm³/mol. The zero-order chi connectivity index (χ0) is 15.2. The minimum Gasteiger partial charge on any atom is -0.342 e. The van der Waals surface area contributed by atoms with Gasteiger partial charge in [0.05, 0.1) is 0 Å². The van der Waals surface area contributed by atoms with E-state index in [1.165, 1.54) is 19.3 Å². The molecule has 2 amide bonds. The molecule has 0 radical (unpaired) electrons. The summed E-state index contributed by atoms with van der Waals surface area (Å²) in [6.07, 6.45) is 8.66. The Morgan fingerprint density at radius 2 is 1.64 bits per heavy atom. The smallest absolute Gasteiger partial charge is 0.314 e. The summed E-state index contributed by atoms with van der Waals surface area (Å²) in [6.45, 7) is 0. The summed E-state index contributed by atoms with van der Waals surface area (Å²) in [5.41, 5.74) is -0.132. The van der Waals surface area contributed by atoms with Crippen LogP contribution in [0.4, 0.5) is 5.82 Å². The summed E-state index contributed by atoms with van der Waals surface area (Å²) >= 11 is 0. The first kappa shape index (κ1) is 13.7. The standard InChI is InChI=1S/C17H21N3O2/c21-15(19-14-3-1-2-4-18-14)16(22)20-17-8-11-5-12(9-17)7-13(6-11)10-17/h1-4,11-13H,5-10H2,(H,20,22)(H,18,19,21). The van der Waals surface area contributed by atoms with Gasteiger partial charge >= 0.3 is 11.8 Å². The van der Waals surface area contributed by atoms with Gasteiger partial charge in [0.1, 0.15) is 5.82 Å². The lowest BCUT2D eigenvalue weighted by Crippen LogP contribution is -2.61. The van der Waals surface area contributed by atoms with Gasteiger partial charge < -0.3 is 10.6 Å². The van der Waals surface area contributed by atoms with Crippen LogP contribution in [0.5, 0.6) is 0 Å². The minimum atomic E-state index is -0.616. The predicted octanol–water partition coefficient (Wildman–Crippen LogP) is 2.11. The van der Waals surface area contributed by atoms with E-state index in [1.54, 1.807) is 24.4 Å². The van der Waals surface area contributed by atoms with Crippen molar-refractivity contribution in [2.24, 2.45) is 17.8 Å². The van der Waals surface area contributed by atoms with Gasteiger partial charge in [-0.1, -0.05) is 6.07 Å². The second-order valence-corrected chi connectivity index (χ2v) is 7.32. The highest BCUT2D eigenvalue weighted by Gasteiger charge is 2.51. The van der Waals surface area contributed by atoms with Crippen molar-refractivity contribution in [1.29, 1.82) is 0 Å². The van der Waals surface area contributed by atoms with Crippen molar-refractivity contribution in [1.82, 2.24) is 10.3 Å². The molecule has 0 unspecified atom stereocenters. The zero-order valence-electron chi connectivity index (χ0n) is 12.5. The first-order chi connectivity index (χ1) is 10.6. The number of nitrogens with one attached hydrogen (secondary N) is 2. The lowest BCUT2D eigenvalue weighted by Gasteiger charge is -2.56. The van der Waals surface area contributed by atoms with Crippen molar-refractivity contribution in [2.45, 2.75) is 44.1 Å². The molecule has 22 heavy (non-hydrogen) atoms. The topological polar surface area (TPSA) is 71.1 Å². The van der Waals surface area contributed by atoms with Crippen LogP contribution >= 0.6 is 0 Å². The Kier molecular flexibility index (Phi) is 3.17. The van der Waals surface area contributed by atoms with Gasteiger partial charge in [0.25, 0.3) is 0 Å². The van der Waals surface area contributed by atoms with Gasteiger partial charge in [-0.2, -0.15) is 0 Å². The number of nitrogens with zero attached hydrogens (tertiary/aromatic N) is 1. The average molecular weight is 299 g/mol. The third-order valence-corrected chi connectivity index (χ3v) is 5.53. The minimum absolute atomic E-state index is 0.132. The summed E-state index contributed by atoms with van der Waals surface area (Å²) in [6, 6.07) is 5.22. The van der Waals surface area contributed by atoms with Crippen LogP contribution in [0.15, 0.2) is 24.4 Å². The number of aromatic nitrogens is 1. The van der Waals surface area contributed by atoms with Crippen molar-refractivity contribution in [3.05, 3.63) is 24.4 Å². The maximum atomic E-state index is 12.3. The first-order valence-corrected chi connectivity index (χ1v) is 8.16. The van der Waals surface area contributed by atoms with Crippen LogP contribution in [0.2, 0.25) is 0 Å². The fourth-order valence-electron chi connectivity index (χ4n) is 5.17. The zero-order valence-corrected chi connectivity index (χ0v) is 12.5. The van der Waals surface area contributed by atoms with E-state index in [-0.39, 0.29) is 5.54 Å². The Hall–Kier alpha value is -1.91. The molecule has 1 heterocycles. The number of carbonyl (C=O) groups is 2. The molecule has 4 saturated carbocycles. The monoisotopic (exact) mass is 299 g/mol. The summed E-state index contributed by atoms with van der Waals surface area (Å²) in [7, 11) is 0.